The number of rotatable bonds is 15. The van der Waals surface area contributed by atoms with Crippen molar-refractivity contribution >= 4 is 29.1 Å². The molecule has 3 amide bonds. The zero-order valence-electron chi connectivity index (χ0n) is 23.7. The van der Waals surface area contributed by atoms with E-state index < -0.39 is 12.1 Å². The molecule has 3 rings (SSSR count). The number of nitrogens with two attached hydrogens (primary N) is 1. The molecule has 0 aliphatic heterocycles. The fourth-order valence-corrected chi connectivity index (χ4v) is 5.92. The third-order valence-corrected chi connectivity index (χ3v) is 8.27. The van der Waals surface area contributed by atoms with Gasteiger partial charge in [-0.1, -0.05) is 39.7 Å². The van der Waals surface area contributed by atoms with E-state index in [2.05, 4.69) is 15.6 Å². The number of carbonyl (C=O) groups is 3. The maximum Gasteiger partial charge on any atom is 0.253 e. The van der Waals surface area contributed by atoms with E-state index in [9.17, 15) is 14.4 Å². The molecule has 3 atom stereocenters. The van der Waals surface area contributed by atoms with Gasteiger partial charge in [0.15, 0.2) is 0 Å². The molecule has 1 aliphatic carbocycles. The van der Waals surface area contributed by atoms with Crippen molar-refractivity contribution in [3.63, 3.8) is 0 Å². The summed E-state index contributed by atoms with van der Waals surface area (Å²) < 4.78 is 0. The van der Waals surface area contributed by atoms with E-state index in [4.69, 9.17) is 5.73 Å². The van der Waals surface area contributed by atoms with Crippen LogP contribution in [0, 0.1) is 11.8 Å². The van der Waals surface area contributed by atoms with Gasteiger partial charge < -0.3 is 21.3 Å². The van der Waals surface area contributed by atoms with Crippen molar-refractivity contribution in [2.45, 2.75) is 84.2 Å². The maximum absolute atomic E-state index is 13.4. The molecule has 0 saturated heterocycles. The van der Waals surface area contributed by atoms with Gasteiger partial charge in [-0.2, -0.15) is 0 Å². The maximum atomic E-state index is 13.4. The Bertz CT molecular complexity index is 1050. The molecular weight excluding hydrogens is 510 g/mol. The molecule has 1 fully saturated rings. The number of nitrogens with zero attached hydrogens (tertiary/aromatic N) is 2. The molecule has 0 spiro atoms. The summed E-state index contributed by atoms with van der Waals surface area (Å²) in [6, 6.07) is 6.00. The first-order chi connectivity index (χ1) is 18.8. The fraction of sp³-hybridized carbons (Fsp3) is 0.600. The molecule has 8 nitrogen and oxygen atoms in total. The van der Waals surface area contributed by atoms with Crippen LogP contribution in [0.15, 0.2) is 35.8 Å². The summed E-state index contributed by atoms with van der Waals surface area (Å²) in [5.41, 5.74) is 7.53. The normalized spacial score (nSPS) is 15.9. The zero-order valence-corrected chi connectivity index (χ0v) is 24.5. The van der Waals surface area contributed by atoms with Gasteiger partial charge in [-0.05, 0) is 56.2 Å². The number of amides is 3. The van der Waals surface area contributed by atoms with E-state index in [1.54, 1.807) is 30.5 Å². The standard InChI is InChI=1S/C30H45N5O3S/c1-4-14-35(15-5-2)30(38)24-12-8-11-23(18-24)29(37)34-26(19-27-32-13-16-39-27)25(31)17-21(3)28(36)33-20-22-9-6-7-10-22/h8,11-13,16,18,21-22,25-26H,4-7,9-10,14-15,17,19-20,31H2,1-3H3,(H,33,36)(H,34,37)/t21-,25+,26+/m1/s1. The third-order valence-electron chi connectivity index (χ3n) is 7.47. The summed E-state index contributed by atoms with van der Waals surface area (Å²) in [7, 11) is 0. The van der Waals surface area contributed by atoms with Gasteiger partial charge >= 0.3 is 0 Å². The van der Waals surface area contributed by atoms with Gasteiger partial charge in [0, 0.05) is 60.7 Å². The molecule has 214 valence electrons. The van der Waals surface area contributed by atoms with Crippen LogP contribution in [-0.4, -0.2) is 59.3 Å². The lowest BCUT2D eigenvalue weighted by molar-refractivity contribution is -0.125. The van der Waals surface area contributed by atoms with Gasteiger partial charge in [-0.3, -0.25) is 14.4 Å². The Kier molecular flexibility index (Phi) is 12.4. The number of benzene rings is 1. The summed E-state index contributed by atoms with van der Waals surface area (Å²) in [4.78, 5) is 45.4. The zero-order chi connectivity index (χ0) is 28.2. The molecule has 1 aromatic heterocycles. The molecule has 1 saturated carbocycles. The van der Waals surface area contributed by atoms with Crippen molar-refractivity contribution in [2.24, 2.45) is 17.6 Å². The van der Waals surface area contributed by atoms with Crippen LogP contribution in [0.5, 0.6) is 0 Å². The largest absolute Gasteiger partial charge is 0.356 e. The number of thiazole rings is 1. The Labute approximate surface area is 237 Å². The Balaban J connectivity index is 1.67. The number of hydrogen-bond acceptors (Lipinski definition) is 6. The highest BCUT2D eigenvalue weighted by atomic mass is 32.1. The molecular formula is C30H45N5O3S. The van der Waals surface area contributed by atoms with Crippen molar-refractivity contribution in [3.8, 4) is 0 Å². The second kappa shape index (κ2) is 15.7. The van der Waals surface area contributed by atoms with Crippen molar-refractivity contribution in [3.05, 3.63) is 52.0 Å². The molecule has 1 aliphatic rings. The van der Waals surface area contributed by atoms with E-state index in [1.807, 2.05) is 31.1 Å². The molecule has 0 unspecified atom stereocenters. The molecule has 0 bridgehead atoms. The summed E-state index contributed by atoms with van der Waals surface area (Å²) in [6.45, 7) is 8.07. The quantitative estimate of drug-likeness (QED) is 0.301. The average Bonchev–Trinajstić information content (AvgIpc) is 3.65. The van der Waals surface area contributed by atoms with E-state index in [0.29, 0.717) is 43.0 Å². The number of nitrogens with one attached hydrogen (secondary N) is 2. The molecule has 4 N–H and O–H groups in total. The fourth-order valence-electron chi connectivity index (χ4n) is 5.25. The Morgan fingerprint density at radius 2 is 1.82 bits per heavy atom. The molecule has 1 aromatic carbocycles. The molecule has 1 heterocycles. The first kappa shape index (κ1) is 30.8. The van der Waals surface area contributed by atoms with Crippen LogP contribution in [0.3, 0.4) is 0 Å². The third kappa shape index (κ3) is 9.42. The van der Waals surface area contributed by atoms with Gasteiger partial charge in [0.25, 0.3) is 11.8 Å². The van der Waals surface area contributed by atoms with Crippen LogP contribution in [0.1, 0.15) is 91.4 Å². The Morgan fingerprint density at radius 3 is 2.46 bits per heavy atom. The van der Waals surface area contributed by atoms with Crippen molar-refractivity contribution in [1.82, 2.24) is 20.5 Å². The Hall–Kier alpha value is -2.78. The second-order valence-corrected chi connectivity index (χ2v) is 11.8. The van der Waals surface area contributed by atoms with Crippen molar-refractivity contribution < 1.29 is 14.4 Å². The minimum Gasteiger partial charge on any atom is -0.356 e. The SMILES string of the molecule is CCCN(CCC)C(=O)c1cccc(C(=O)N[C@@H](Cc2nccs2)[C@@H](N)C[C@@H](C)C(=O)NCC2CCCC2)c1. The van der Waals surface area contributed by atoms with E-state index >= 15 is 0 Å². The minimum absolute atomic E-state index is 0.00611. The predicted octanol–water partition coefficient (Wildman–Crippen LogP) is 4.41. The first-order valence-electron chi connectivity index (χ1n) is 14.4. The summed E-state index contributed by atoms with van der Waals surface area (Å²) in [5, 5.41) is 8.94. The summed E-state index contributed by atoms with van der Waals surface area (Å²) in [6.07, 6.45) is 9.23. The highest BCUT2D eigenvalue weighted by Gasteiger charge is 2.27. The van der Waals surface area contributed by atoms with Crippen LogP contribution >= 0.6 is 11.3 Å². The lowest BCUT2D eigenvalue weighted by Gasteiger charge is -2.27. The highest BCUT2D eigenvalue weighted by molar-refractivity contribution is 7.09. The van der Waals surface area contributed by atoms with Gasteiger partial charge in [0.05, 0.1) is 11.0 Å². The van der Waals surface area contributed by atoms with Gasteiger partial charge in [0.1, 0.15) is 0 Å². The monoisotopic (exact) mass is 555 g/mol. The van der Waals surface area contributed by atoms with Gasteiger partial charge in [0.2, 0.25) is 5.91 Å². The number of hydrogen-bond donors (Lipinski definition) is 3. The van der Waals surface area contributed by atoms with Crippen LogP contribution in [0.2, 0.25) is 0 Å². The highest BCUT2D eigenvalue weighted by Crippen LogP contribution is 2.24. The second-order valence-electron chi connectivity index (χ2n) is 10.8. The van der Waals surface area contributed by atoms with E-state index in [0.717, 1.165) is 24.4 Å². The smallest absolute Gasteiger partial charge is 0.253 e. The predicted molar refractivity (Wildman–Crippen MR) is 157 cm³/mol. The van der Waals surface area contributed by atoms with Crippen LogP contribution in [0.25, 0.3) is 0 Å². The average molecular weight is 556 g/mol. The van der Waals surface area contributed by atoms with Crippen molar-refractivity contribution in [2.75, 3.05) is 19.6 Å². The minimum atomic E-state index is -0.445. The van der Waals surface area contributed by atoms with Gasteiger partial charge in [-0.25, -0.2) is 4.98 Å². The first-order valence-corrected chi connectivity index (χ1v) is 15.3. The van der Waals surface area contributed by atoms with Gasteiger partial charge in [-0.15, -0.1) is 11.3 Å². The van der Waals surface area contributed by atoms with E-state index in [-0.39, 0.29) is 23.6 Å². The van der Waals surface area contributed by atoms with Crippen LogP contribution in [-0.2, 0) is 11.2 Å². The lowest BCUT2D eigenvalue weighted by atomic mass is 9.94. The topological polar surface area (TPSA) is 117 Å². The van der Waals surface area contributed by atoms with E-state index in [1.165, 1.54) is 37.0 Å². The summed E-state index contributed by atoms with van der Waals surface area (Å²) >= 11 is 1.51. The summed E-state index contributed by atoms with van der Waals surface area (Å²) in [5.74, 6) is -0.0578. The molecule has 2 aromatic rings. The van der Waals surface area contributed by atoms with Crippen molar-refractivity contribution in [1.29, 1.82) is 0 Å². The molecule has 0 radical (unpaired) electrons. The lowest BCUT2D eigenvalue weighted by Crippen LogP contribution is -2.50. The number of carbonyl (C=O) groups excluding carboxylic acids is 3. The van der Waals surface area contributed by atoms with Crippen LogP contribution in [0.4, 0.5) is 0 Å². The number of aromatic nitrogens is 1. The molecule has 9 heteroatoms. The molecule has 39 heavy (non-hydrogen) atoms. The Morgan fingerprint density at radius 1 is 1.13 bits per heavy atom. The van der Waals surface area contributed by atoms with Crippen LogP contribution < -0.4 is 16.4 Å².